The Morgan fingerprint density at radius 1 is 0.833 bits per heavy atom. The van der Waals surface area contributed by atoms with Gasteiger partial charge < -0.3 is 15.0 Å². The molecule has 1 aliphatic heterocycles. The average Bonchev–Trinajstić information content (AvgIpc) is 3.21. The highest BCUT2D eigenvalue weighted by Gasteiger charge is 2.21. The van der Waals surface area contributed by atoms with E-state index >= 15 is 0 Å². The Balaban J connectivity index is 1.37. The Morgan fingerprint density at radius 2 is 1.53 bits per heavy atom. The highest BCUT2D eigenvalue weighted by atomic mass is 16.5. The van der Waals surface area contributed by atoms with Gasteiger partial charge in [0.15, 0.2) is 0 Å². The Bertz CT molecular complexity index is 1060. The van der Waals surface area contributed by atoms with Gasteiger partial charge in [0, 0.05) is 29.9 Å². The third-order valence-electron chi connectivity index (χ3n) is 4.85. The lowest BCUT2D eigenvalue weighted by atomic mass is 10.2. The second-order valence-corrected chi connectivity index (χ2v) is 6.93. The summed E-state index contributed by atoms with van der Waals surface area (Å²) < 4.78 is 5.41. The second-order valence-electron chi connectivity index (χ2n) is 6.93. The van der Waals surface area contributed by atoms with Crippen LogP contribution in [-0.2, 0) is 4.79 Å². The van der Waals surface area contributed by atoms with Crippen LogP contribution in [0.15, 0.2) is 78.9 Å². The van der Waals surface area contributed by atoms with Gasteiger partial charge in [-0.05, 0) is 67.1 Å². The molecule has 0 spiro atoms. The number of carbonyl (C=O) groups excluding carboxylic acids is 3. The molecule has 6 nitrogen and oxygen atoms in total. The maximum atomic E-state index is 12.4. The van der Waals surface area contributed by atoms with Crippen LogP contribution in [0.3, 0.4) is 0 Å². The van der Waals surface area contributed by atoms with E-state index in [1.165, 1.54) is 0 Å². The van der Waals surface area contributed by atoms with E-state index in [2.05, 4.69) is 5.32 Å². The molecule has 3 aromatic rings. The third-order valence-corrected chi connectivity index (χ3v) is 4.85. The first-order chi connectivity index (χ1) is 14.6. The summed E-state index contributed by atoms with van der Waals surface area (Å²) in [7, 11) is 0. The maximum absolute atomic E-state index is 12.4. The molecule has 0 aliphatic carbocycles. The number of nitrogens with zero attached hydrogens (tertiary/aromatic N) is 1. The minimum Gasteiger partial charge on any atom is -0.423 e. The minimum atomic E-state index is -0.499. The van der Waals surface area contributed by atoms with Gasteiger partial charge in [-0.1, -0.05) is 18.2 Å². The molecule has 30 heavy (non-hydrogen) atoms. The van der Waals surface area contributed by atoms with Crippen molar-refractivity contribution in [1.82, 2.24) is 0 Å². The predicted octanol–water partition coefficient (Wildman–Crippen LogP) is 4.28. The Morgan fingerprint density at radius 3 is 2.17 bits per heavy atom. The molecule has 6 heteroatoms. The summed E-state index contributed by atoms with van der Waals surface area (Å²) >= 11 is 0. The average molecular weight is 400 g/mol. The molecule has 1 saturated heterocycles. The van der Waals surface area contributed by atoms with Crippen LogP contribution in [0.1, 0.15) is 33.6 Å². The fourth-order valence-corrected chi connectivity index (χ4v) is 3.26. The molecule has 1 fully saturated rings. The van der Waals surface area contributed by atoms with E-state index < -0.39 is 5.97 Å². The first-order valence-corrected chi connectivity index (χ1v) is 9.69. The van der Waals surface area contributed by atoms with Crippen LogP contribution in [0.2, 0.25) is 0 Å². The van der Waals surface area contributed by atoms with Gasteiger partial charge in [-0.15, -0.1) is 0 Å². The van der Waals surface area contributed by atoms with E-state index in [-0.39, 0.29) is 11.8 Å². The molecule has 0 bridgehead atoms. The van der Waals surface area contributed by atoms with Crippen LogP contribution >= 0.6 is 0 Å². The van der Waals surface area contributed by atoms with Gasteiger partial charge in [-0.2, -0.15) is 0 Å². The van der Waals surface area contributed by atoms with E-state index in [0.29, 0.717) is 35.5 Å². The van der Waals surface area contributed by atoms with E-state index in [1.807, 2.05) is 6.07 Å². The molecule has 3 aromatic carbocycles. The van der Waals surface area contributed by atoms with Crippen LogP contribution < -0.4 is 15.0 Å². The molecule has 0 saturated carbocycles. The fraction of sp³-hybridized carbons (Fsp3) is 0.125. The highest BCUT2D eigenvalue weighted by molar-refractivity contribution is 6.04. The monoisotopic (exact) mass is 400 g/mol. The molecule has 0 aromatic heterocycles. The summed E-state index contributed by atoms with van der Waals surface area (Å²) in [5.74, 6) is -0.209. The second kappa shape index (κ2) is 8.61. The van der Waals surface area contributed by atoms with Crippen LogP contribution in [0.25, 0.3) is 0 Å². The number of ether oxygens (including phenoxy) is 1. The summed E-state index contributed by atoms with van der Waals surface area (Å²) in [4.78, 5) is 38.1. The molecular weight excluding hydrogens is 380 g/mol. The van der Waals surface area contributed by atoms with Crippen molar-refractivity contribution in [2.45, 2.75) is 12.8 Å². The van der Waals surface area contributed by atoms with Gasteiger partial charge in [0.2, 0.25) is 5.91 Å². The van der Waals surface area contributed by atoms with Gasteiger partial charge in [-0.25, -0.2) is 4.79 Å². The number of carbonyl (C=O) groups is 3. The first kappa shape index (κ1) is 19.4. The molecule has 4 rings (SSSR count). The molecule has 1 N–H and O–H groups in total. The highest BCUT2D eigenvalue weighted by Crippen LogP contribution is 2.24. The van der Waals surface area contributed by atoms with Gasteiger partial charge in [-0.3, -0.25) is 9.59 Å². The number of nitrogens with one attached hydrogen (secondary N) is 1. The summed E-state index contributed by atoms with van der Waals surface area (Å²) in [5.41, 5.74) is 2.31. The molecule has 0 unspecified atom stereocenters. The van der Waals surface area contributed by atoms with Crippen LogP contribution in [0, 0.1) is 0 Å². The van der Waals surface area contributed by atoms with Gasteiger partial charge in [0.25, 0.3) is 5.91 Å². The van der Waals surface area contributed by atoms with Crippen molar-refractivity contribution in [1.29, 1.82) is 0 Å². The van der Waals surface area contributed by atoms with E-state index in [1.54, 1.807) is 77.7 Å². The first-order valence-electron chi connectivity index (χ1n) is 9.69. The number of hydrogen-bond acceptors (Lipinski definition) is 4. The minimum absolute atomic E-state index is 0.110. The van der Waals surface area contributed by atoms with E-state index in [0.717, 1.165) is 12.1 Å². The van der Waals surface area contributed by atoms with Crippen LogP contribution in [-0.4, -0.2) is 24.3 Å². The third kappa shape index (κ3) is 4.38. The predicted molar refractivity (Wildman–Crippen MR) is 114 cm³/mol. The number of anilines is 2. The SMILES string of the molecule is O=C(Nc1ccc(C(=O)Oc2ccc(N3CCCC3=O)cc2)cc1)c1ccccc1. The zero-order valence-corrected chi connectivity index (χ0v) is 16.2. The number of hydrogen-bond donors (Lipinski definition) is 1. The summed E-state index contributed by atoms with van der Waals surface area (Å²) in [6.45, 7) is 0.713. The lowest BCUT2D eigenvalue weighted by molar-refractivity contribution is -0.117. The van der Waals surface area contributed by atoms with Crippen molar-refractivity contribution in [2.75, 3.05) is 16.8 Å². The smallest absolute Gasteiger partial charge is 0.343 e. The topological polar surface area (TPSA) is 75.7 Å². The van der Waals surface area contributed by atoms with E-state index in [9.17, 15) is 14.4 Å². The number of amides is 2. The molecule has 1 heterocycles. The lowest BCUT2D eigenvalue weighted by Crippen LogP contribution is -2.23. The van der Waals surface area contributed by atoms with Crippen LogP contribution in [0.5, 0.6) is 5.75 Å². The zero-order chi connectivity index (χ0) is 20.9. The van der Waals surface area contributed by atoms with Crippen molar-refractivity contribution in [3.05, 3.63) is 90.0 Å². The number of esters is 1. The van der Waals surface area contributed by atoms with Crippen LogP contribution in [0.4, 0.5) is 11.4 Å². The number of rotatable bonds is 5. The normalized spacial score (nSPS) is 13.2. The maximum Gasteiger partial charge on any atom is 0.343 e. The Hall–Kier alpha value is -3.93. The lowest BCUT2D eigenvalue weighted by Gasteiger charge is -2.15. The van der Waals surface area contributed by atoms with Gasteiger partial charge in [0.1, 0.15) is 5.75 Å². The zero-order valence-electron chi connectivity index (χ0n) is 16.2. The summed E-state index contributed by atoms with van der Waals surface area (Å²) in [5, 5.41) is 2.79. The largest absolute Gasteiger partial charge is 0.423 e. The molecular formula is C24H20N2O4. The molecule has 1 aliphatic rings. The molecule has 0 atom stereocenters. The quantitative estimate of drug-likeness (QED) is 0.512. The molecule has 150 valence electrons. The van der Waals surface area contributed by atoms with Crippen molar-refractivity contribution in [3.8, 4) is 5.75 Å². The molecule has 2 amide bonds. The standard InChI is InChI=1S/C24H20N2O4/c27-22-7-4-16-26(22)20-12-14-21(15-13-20)30-24(29)18-8-10-19(11-9-18)25-23(28)17-5-2-1-3-6-17/h1-3,5-6,8-15H,4,7,16H2,(H,25,28). The van der Waals surface area contributed by atoms with Gasteiger partial charge >= 0.3 is 5.97 Å². The Labute approximate surface area is 174 Å². The summed E-state index contributed by atoms with van der Waals surface area (Å²) in [6, 6.07) is 22.3. The summed E-state index contributed by atoms with van der Waals surface area (Å²) in [6.07, 6.45) is 1.43. The van der Waals surface area contributed by atoms with Crippen molar-refractivity contribution < 1.29 is 19.1 Å². The number of benzene rings is 3. The van der Waals surface area contributed by atoms with Gasteiger partial charge in [0.05, 0.1) is 5.56 Å². The van der Waals surface area contributed by atoms with E-state index in [4.69, 9.17) is 4.74 Å². The molecule has 0 radical (unpaired) electrons. The van der Waals surface area contributed by atoms with Crippen molar-refractivity contribution in [3.63, 3.8) is 0 Å². The Kier molecular flexibility index (Phi) is 5.57. The fourth-order valence-electron chi connectivity index (χ4n) is 3.26. The van der Waals surface area contributed by atoms with Crippen molar-refractivity contribution in [2.24, 2.45) is 0 Å². The van der Waals surface area contributed by atoms with Crippen molar-refractivity contribution >= 4 is 29.2 Å².